The van der Waals surface area contributed by atoms with Gasteiger partial charge in [-0.25, -0.2) is 4.98 Å². The van der Waals surface area contributed by atoms with Crippen molar-refractivity contribution >= 4 is 23.3 Å². The molecule has 118 valence electrons. The van der Waals surface area contributed by atoms with Crippen LogP contribution in [-0.2, 0) is 11.8 Å². The maximum Gasteiger partial charge on any atom is 0.277 e. The van der Waals surface area contributed by atoms with Crippen LogP contribution in [0.15, 0.2) is 16.9 Å². The fourth-order valence-corrected chi connectivity index (χ4v) is 2.43. The number of carbonyl (C=O) groups excluding carboxylic acids is 2. The molecule has 3 heterocycles. The Balaban J connectivity index is 1.86. The Morgan fingerprint density at radius 2 is 2.35 bits per heavy atom. The average molecular weight is 314 g/mol. The highest BCUT2D eigenvalue weighted by atomic mass is 16.3. The molecule has 1 fully saturated rings. The molecular weight excluding hydrogens is 300 g/mol. The topological polar surface area (TPSA) is 117 Å². The molecular formula is C14H14N6O3. The van der Waals surface area contributed by atoms with Gasteiger partial charge < -0.3 is 9.73 Å². The van der Waals surface area contributed by atoms with Gasteiger partial charge in [0.05, 0.1) is 12.3 Å². The van der Waals surface area contributed by atoms with Crippen LogP contribution < -0.4 is 10.2 Å². The summed E-state index contributed by atoms with van der Waals surface area (Å²) in [7, 11) is 1.68. The molecule has 1 N–H and O–H groups in total. The zero-order chi connectivity index (χ0) is 16.6. The summed E-state index contributed by atoms with van der Waals surface area (Å²) >= 11 is 0. The van der Waals surface area contributed by atoms with Crippen LogP contribution in [0.2, 0.25) is 0 Å². The van der Waals surface area contributed by atoms with Crippen LogP contribution in [0.5, 0.6) is 0 Å². The minimum atomic E-state index is -0.668. The van der Waals surface area contributed by atoms with E-state index in [4.69, 9.17) is 9.68 Å². The van der Waals surface area contributed by atoms with Crippen molar-refractivity contribution in [3.63, 3.8) is 0 Å². The number of hydrogen-bond donors (Lipinski definition) is 1. The molecule has 0 radical (unpaired) electrons. The summed E-state index contributed by atoms with van der Waals surface area (Å²) in [6.45, 7) is 2.03. The Hall–Kier alpha value is -3.15. The smallest absolute Gasteiger partial charge is 0.277 e. The number of rotatable bonds is 3. The Morgan fingerprint density at radius 1 is 1.57 bits per heavy atom. The Labute approximate surface area is 131 Å². The van der Waals surface area contributed by atoms with Crippen molar-refractivity contribution in [1.82, 2.24) is 14.8 Å². The van der Waals surface area contributed by atoms with Gasteiger partial charge in [-0.3, -0.25) is 19.2 Å². The highest BCUT2D eigenvalue weighted by molar-refractivity contribution is 6.07. The first kappa shape index (κ1) is 14.8. The number of hydrogen-bond acceptors (Lipinski definition) is 6. The minimum absolute atomic E-state index is 0.139. The Morgan fingerprint density at radius 3 is 2.96 bits per heavy atom. The standard InChI is InChI=1S/C14H14N6O3/c1-8-16-11(7-23-8)13(21)17-10-6-19(2)18-12(10)20-4-3-9(5-15)14(20)22/h6-7,9H,3-4H2,1-2H3,(H,17,21). The zero-order valence-corrected chi connectivity index (χ0v) is 12.6. The monoisotopic (exact) mass is 314 g/mol. The van der Waals surface area contributed by atoms with Crippen LogP contribution >= 0.6 is 0 Å². The molecule has 1 aliphatic heterocycles. The van der Waals surface area contributed by atoms with Crippen molar-refractivity contribution in [2.75, 3.05) is 16.8 Å². The summed E-state index contributed by atoms with van der Waals surface area (Å²) in [6, 6.07) is 1.97. The zero-order valence-electron chi connectivity index (χ0n) is 12.6. The SMILES string of the molecule is Cc1nc(C(=O)Nc2cn(C)nc2N2CCC(C#N)C2=O)co1. The molecule has 23 heavy (non-hydrogen) atoms. The summed E-state index contributed by atoms with van der Waals surface area (Å²) in [5.74, 6) is -0.728. The third-order valence-electron chi connectivity index (χ3n) is 3.53. The number of carbonyl (C=O) groups is 2. The number of nitriles is 1. The van der Waals surface area contributed by atoms with Crippen LogP contribution in [0.4, 0.5) is 11.5 Å². The third-order valence-corrected chi connectivity index (χ3v) is 3.53. The number of nitrogens with one attached hydrogen (secondary N) is 1. The fraction of sp³-hybridized carbons (Fsp3) is 0.357. The predicted octanol–water partition coefficient (Wildman–Crippen LogP) is 0.845. The van der Waals surface area contributed by atoms with E-state index in [-0.39, 0.29) is 11.6 Å². The molecule has 1 aliphatic rings. The van der Waals surface area contributed by atoms with Crippen molar-refractivity contribution in [2.24, 2.45) is 13.0 Å². The molecule has 9 nitrogen and oxygen atoms in total. The van der Waals surface area contributed by atoms with E-state index in [0.29, 0.717) is 30.4 Å². The van der Waals surface area contributed by atoms with Gasteiger partial charge in [0.25, 0.3) is 5.91 Å². The number of anilines is 2. The number of nitrogens with zero attached hydrogens (tertiary/aromatic N) is 5. The average Bonchev–Trinajstić information content (AvgIpc) is 3.18. The van der Waals surface area contributed by atoms with Gasteiger partial charge in [-0.05, 0) is 6.42 Å². The molecule has 1 saturated heterocycles. The van der Waals surface area contributed by atoms with Crippen LogP contribution in [0.25, 0.3) is 0 Å². The summed E-state index contributed by atoms with van der Waals surface area (Å²) in [4.78, 5) is 29.7. The molecule has 3 rings (SSSR count). The van der Waals surface area contributed by atoms with Gasteiger partial charge in [0.1, 0.15) is 17.9 Å². The van der Waals surface area contributed by atoms with E-state index in [1.807, 2.05) is 6.07 Å². The second kappa shape index (κ2) is 5.57. The largest absolute Gasteiger partial charge is 0.448 e. The maximum absolute atomic E-state index is 12.2. The first-order valence-electron chi connectivity index (χ1n) is 6.97. The van der Waals surface area contributed by atoms with Gasteiger partial charge in [-0.2, -0.15) is 10.4 Å². The van der Waals surface area contributed by atoms with E-state index in [2.05, 4.69) is 15.4 Å². The van der Waals surface area contributed by atoms with Crippen molar-refractivity contribution in [3.05, 3.63) is 24.0 Å². The number of aromatic nitrogens is 3. The van der Waals surface area contributed by atoms with Gasteiger partial charge in [-0.15, -0.1) is 0 Å². The van der Waals surface area contributed by atoms with Crippen molar-refractivity contribution < 1.29 is 14.0 Å². The molecule has 0 saturated carbocycles. The highest BCUT2D eigenvalue weighted by Gasteiger charge is 2.35. The van der Waals surface area contributed by atoms with Crippen LogP contribution in [-0.4, -0.2) is 33.1 Å². The maximum atomic E-state index is 12.2. The van der Waals surface area contributed by atoms with Gasteiger partial charge in [0.15, 0.2) is 17.4 Å². The number of oxazole rings is 1. The van der Waals surface area contributed by atoms with E-state index in [0.717, 1.165) is 0 Å². The van der Waals surface area contributed by atoms with Crippen molar-refractivity contribution in [3.8, 4) is 6.07 Å². The van der Waals surface area contributed by atoms with E-state index in [9.17, 15) is 9.59 Å². The van der Waals surface area contributed by atoms with E-state index in [1.165, 1.54) is 15.8 Å². The normalized spacial score (nSPS) is 17.3. The molecule has 0 spiro atoms. The number of amides is 2. The molecule has 0 bridgehead atoms. The lowest BCUT2D eigenvalue weighted by Gasteiger charge is -2.14. The van der Waals surface area contributed by atoms with Crippen LogP contribution in [0.3, 0.4) is 0 Å². The molecule has 2 amide bonds. The molecule has 2 aromatic heterocycles. The first-order chi connectivity index (χ1) is 11.0. The van der Waals surface area contributed by atoms with E-state index < -0.39 is 11.8 Å². The molecule has 0 aromatic carbocycles. The van der Waals surface area contributed by atoms with Crippen LogP contribution in [0, 0.1) is 24.2 Å². The molecule has 1 unspecified atom stereocenters. The fourth-order valence-electron chi connectivity index (χ4n) is 2.43. The Bertz CT molecular complexity index is 815. The molecule has 0 aliphatic carbocycles. The van der Waals surface area contributed by atoms with E-state index >= 15 is 0 Å². The van der Waals surface area contributed by atoms with Gasteiger partial charge in [0.2, 0.25) is 5.91 Å². The van der Waals surface area contributed by atoms with Gasteiger partial charge in [-0.1, -0.05) is 0 Å². The lowest BCUT2D eigenvalue weighted by atomic mass is 10.1. The molecule has 9 heteroatoms. The van der Waals surface area contributed by atoms with Gasteiger partial charge >= 0.3 is 0 Å². The third kappa shape index (κ3) is 2.66. The summed E-state index contributed by atoms with van der Waals surface area (Å²) in [6.07, 6.45) is 3.29. The first-order valence-corrected chi connectivity index (χ1v) is 6.97. The van der Waals surface area contributed by atoms with Gasteiger partial charge in [0, 0.05) is 20.5 Å². The lowest BCUT2D eigenvalue weighted by molar-refractivity contribution is -0.119. The number of aryl methyl sites for hydroxylation is 2. The quantitative estimate of drug-likeness (QED) is 0.897. The highest BCUT2D eigenvalue weighted by Crippen LogP contribution is 2.30. The predicted molar refractivity (Wildman–Crippen MR) is 78.5 cm³/mol. The van der Waals surface area contributed by atoms with Crippen molar-refractivity contribution in [1.29, 1.82) is 5.26 Å². The molecule has 2 aromatic rings. The van der Waals surface area contributed by atoms with Crippen molar-refractivity contribution in [2.45, 2.75) is 13.3 Å². The summed E-state index contributed by atoms with van der Waals surface area (Å²) in [5, 5.41) is 15.8. The summed E-state index contributed by atoms with van der Waals surface area (Å²) in [5.41, 5.74) is 0.519. The second-order valence-electron chi connectivity index (χ2n) is 5.21. The van der Waals surface area contributed by atoms with E-state index in [1.54, 1.807) is 20.2 Å². The lowest BCUT2D eigenvalue weighted by Crippen LogP contribution is -2.28. The minimum Gasteiger partial charge on any atom is -0.448 e. The Kier molecular flexibility index (Phi) is 3.57. The van der Waals surface area contributed by atoms with Crippen LogP contribution in [0.1, 0.15) is 22.8 Å². The summed E-state index contributed by atoms with van der Waals surface area (Å²) < 4.78 is 6.50. The molecule has 1 atom stereocenters. The second-order valence-corrected chi connectivity index (χ2v) is 5.21.